The molecular formula is C12H14O3. The lowest BCUT2D eigenvalue weighted by Gasteiger charge is -2.16. The zero-order chi connectivity index (χ0) is 11.1. The molecule has 1 aliphatic carbocycles. The van der Waals surface area contributed by atoms with Crippen molar-refractivity contribution in [2.45, 2.75) is 19.8 Å². The molecule has 0 radical (unpaired) electrons. The van der Waals surface area contributed by atoms with Gasteiger partial charge in [-0.25, -0.2) is 0 Å². The summed E-state index contributed by atoms with van der Waals surface area (Å²) in [7, 11) is 1.62. The number of rotatable bonds is 2. The van der Waals surface area contributed by atoms with Gasteiger partial charge in [0, 0.05) is 0 Å². The Hall–Kier alpha value is -1.51. The zero-order valence-electron chi connectivity index (χ0n) is 8.91. The van der Waals surface area contributed by atoms with Gasteiger partial charge >= 0.3 is 5.97 Å². The monoisotopic (exact) mass is 206 g/mol. The van der Waals surface area contributed by atoms with Crippen molar-refractivity contribution >= 4 is 5.97 Å². The Morgan fingerprint density at radius 3 is 2.80 bits per heavy atom. The molecule has 0 saturated carbocycles. The summed E-state index contributed by atoms with van der Waals surface area (Å²) in [5.74, 6) is 0.0678. The molecule has 1 aromatic carbocycles. The lowest BCUT2D eigenvalue weighted by atomic mass is 9.87. The molecule has 80 valence electrons. The minimum absolute atomic E-state index is 0.557. The van der Waals surface area contributed by atoms with Crippen LogP contribution in [0.1, 0.15) is 18.1 Å². The van der Waals surface area contributed by atoms with Crippen molar-refractivity contribution < 1.29 is 14.6 Å². The quantitative estimate of drug-likeness (QED) is 0.803. The highest BCUT2D eigenvalue weighted by molar-refractivity contribution is 5.77. The Balaban J connectivity index is 2.42. The molecule has 1 unspecified atom stereocenters. The molecule has 0 heterocycles. The number of aliphatic carboxylic acids is 1. The summed E-state index contributed by atoms with van der Waals surface area (Å²) in [6.07, 6.45) is 1.15. The van der Waals surface area contributed by atoms with E-state index in [1.165, 1.54) is 0 Å². The maximum Gasteiger partial charge on any atom is 0.310 e. The molecule has 1 atom stereocenters. The van der Waals surface area contributed by atoms with Crippen LogP contribution in [0.2, 0.25) is 0 Å². The van der Waals surface area contributed by atoms with E-state index in [-0.39, 0.29) is 0 Å². The Bertz CT molecular complexity index is 411. The van der Waals surface area contributed by atoms with Crippen LogP contribution in [0, 0.1) is 5.41 Å². The van der Waals surface area contributed by atoms with Crippen molar-refractivity contribution in [1.82, 2.24) is 0 Å². The normalized spacial score (nSPS) is 23.6. The third kappa shape index (κ3) is 1.48. The van der Waals surface area contributed by atoms with Crippen LogP contribution in [-0.2, 0) is 17.6 Å². The number of carbonyl (C=O) groups is 1. The van der Waals surface area contributed by atoms with Gasteiger partial charge in [0.15, 0.2) is 0 Å². The Morgan fingerprint density at radius 1 is 1.47 bits per heavy atom. The first-order valence-electron chi connectivity index (χ1n) is 4.95. The SMILES string of the molecule is COc1cccc2c1CC(C)(C(=O)O)C2. The first kappa shape index (κ1) is 10.0. The molecule has 3 heteroatoms. The molecule has 0 aromatic heterocycles. The summed E-state index contributed by atoms with van der Waals surface area (Å²) in [6, 6.07) is 5.77. The average Bonchev–Trinajstić information content (AvgIpc) is 2.55. The molecule has 2 rings (SSSR count). The number of hydrogen-bond donors (Lipinski definition) is 1. The van der Waals surface area contributed by atoms with Crippen LogP contribution in [0.15, 0.2) is 18.2 Å². The van der Waals surface area contributed by atoms with Gasteiger partial charge in [0.25, 0.3) is 0 Å². The van der Waals surface area contributed by atoms with Gasteiger partial charge in [0.1, 0.15) is 5.75 Å². The first-order chi connectivity index (χ1) is 7.07. The van der Waals surface area contributed by atoms with E-state index in [0.717, 1.165) is 16.9 Å². The van der Waals surface area contributed by atoms with Crippen LogP contribution in [0.25, 0.3) is 0 Å². The van der Waals surface area contributed by atoms with E-state index in [2.05, 4.69) is 0 Å². The molecule has 0 spiro atoms. The molecule has 0 bridgehead atoms. The third-order valence-corrected chi connectivity index (χ3v) is 3.11. The average molecular weight is 206 g/mol. The van der Waals surface area contributed by atoms with E-state index in [1.807, 2.05) is 18.2 Å². The van der Waals surface area contributed by atoms with Crippen LogP contribution in [-0.4, -0.2) is 18.2 Å². The fourth-order valence-electron chi connectivity index (χ4n) is 2.19. The number of carboxylic acids is 1. The fourth-order valence-corrected chi connectivity index (χ4v) is 2.19. The van der Waals surface area contributed by atoms with Gasteiger partial charge in [-0.05, 0) is 37.0 Å². The lowest BCUT2D eigenvalue weighted by Crippen LogP contribution is -2.27. The third-order valence-electron chi connectivity index (χ3n) is 3.11. The molecule has 3 nitrogen and oxygen atoms in total. The van der Waals surface area contributed by atoms with Gasteiger partial charge in [0.05, 0.1) is 12.5 Å². The number of fused-ring (bicyclic) bond motifs is 1. The molecule has 0 saturated heterocycles. The smallest absolute Gasteiger partial charge is 0.310 e. The number of benzene rings is 1. The highest BCUT2D eigenvalue weighted by Gasteiger charge is 2.40. The number of carboxylic acid groups (broad SMARTS) is 1. The van der Waals surface area contributed by atoms with Crippen LogP contribution < -0.4 is 4.74 Å². The second-order valence-electron chi connectivity index (χ2n) is 4.32. The second-order valence-corrected chi connectivity index (χ2v) is 4.32. The Labute approximate surface area is 88.7 Å². The lowest BCUT2D eigenvalue weighted by molar-refractivity contribution is -0.147. The topological polar surface area (TPSA) is 46.5 Å². The summed E-state index contributed by atoms with van der Waals surface area (Å²) in [5.41, 5.74) is 1.47. The molecule has 15 heavy (non-hydrogen) atoms. The van der Waals surface area contributed by atoms with Crippen molar-refractivity contribution in [3.8, 4) is 5.75 Å². The largest absolute Gasteiger partial charge is 0.496 e. The Kier molecular flexibility index (Phi) is 2.18. The molecule has 0 amide bonds. The zero-order valence-corrected chi connectivity index (χ0v) is 8.91. The highest BCUT2D eigenvalue weighted by atomic mass is 16.5. The van der Waals surface area contributed by atoms with Gasteiger partial charge in [0.2, 0.25) is 0 Å². The highest BCUT2D eigenvalue weighted by Crippen LogP contribution is 2.40. The molecular weight excluding hydrogens is 192 g/mol. The second kappa shape index (κ2) is 3.26. The number of hydrogen-bond acceptors (Lipinski definition) is 2. The van der Waals surface area contributed by atoms with E-state index in [4.69, 9.17) is 9.84 Å². The first-order valence-corrected chi connectivity index (χ1v) is 4.95. The fraction of sp³-hybridized carbons (Fsp3) is 0.417. The minimum Gasteiger partial charge on any atom is -0.496 e. The predicted octanol–water partition coefficient (Wildman–Crippen LogP) is 1.88. The van der Waals surface area contributed by atoms with Crippen LogP contribution in [0.4, 0.5) is 0 Å². The van der Waals surface area contributed by atoms with Gasteiger partial charge in [-0.3, -0.25) is 4.79 Å². The summed E-state index contributed by atoms with van der Waals surface area (Å²) in [4.78, 5) is 11.2. The van der Waals surface area contributed by atoms with Crippen LogP contribution >= 0.6 is 0 Å². The van der Waals surface area contributed by atoms with E-state index in [0.29, 0.717) is 12.8 Å². The maximum atomic E-state index is 11.2. The predicted molar refractivity (Wildman–Crippen MR) is 56.1 cm³/mol. The molecule has 1 aliphatic rings. The van der Waals surface area contributed by atoms with Crippen molar-refractivity contribution in [1.29, 1.82) is 0 Å². The van der Waals surface area contributed by atoms with Gasteiger partial charge in [-0.1, -0.05) is 12.1 Å². The van der Waals surface area contributed by atoms with Crippen molar-refractivity contribution in [2.24, 2.45) is 5.41 Å². The van der Waals surface area contributed by atoms with Crippen molar-refractivity contribution in [3.63, 3.8) is 0 Å². The Morgan fingerprint density at radius 2 is 2.20 bits per heavy atom. The van der Waals surface area contributed by atoms with Crippen LogP contribution in [0.5, 0.6) is 5.75 Å². The van der Waals surface area contributed by atoms with E-state index in [1.54, 1.807) is 14.0 Å². The summed E-state index contributed by atoms with van der Waals surface area (Å²) in [6.45, 7) is 1.79. The number of methoxy groups -OCH3 is 1. The summed E-state index contributed by atoms with van der Waals surface area (Å²) >= 11 is 0. The molecule has 0 fully saturated rings. The van der Waals surface area contributed by atoms with E-state index in [9.17, 15) is 4.79 Å². The standard InChI is InChI=1S/C12H14O3/c1-12(11(13)14)6-8-4-3-5-10(15-2)9(8)7-12/h3-5H,6-7H2,1-2H3,(H,13,14). The molecule has 0 aliphatic heterocycles. The maximum absolute atomic E-state index is 11.2. The van der Waals surface area contributed by atoms with E-state index >= 15 is 0 Å². The van der Waals surface area contributed by atoms with E-state index < -0.39 is 11.4 Å². The molecule has 1 N–H and O–H groups in total. The van der Waals surface area contributed by atoms with Gasteiger partial charge in [-0.15, -0.1) is 0 Å². The summed E-state index contributed by atoms with van der Waals surface area (Å²) in [5, 5.41) is 9.17. The van der Waals surface area contributed by atoms with Gasteiger partial charge < -0.3 is 9.84 Å². The van der Waals surface area contributed by atoms with Crippen LogP contribution in [0.3, 0.4) is 0 Å². The van der Waals surface area contributed by atoms with Crippen molar-refractivity contribution in [2.75, 3.05) is 7.11 Å². The van der Waals surface area contributed by atoms with Gasteiger partial charge in [-0.2, -0.15) is 0 Å². The minimum atomic E-state index is -0.735. The molecule has 1 aromatic rings. The number of ether oxygens (including phenoxy) is 1. The summed E-state index contributed by atoms with van der Waals surface area (Å²) < 4.78 is 5.24. The van der Waals surface area contributed by atoms with Crippen molar-refractivity contribution in [3.05, 3.63) is 29.3 Å².